The molecule has 0 saturated carbocycles. The summed E-state index contributed by atoms with van der Waals surface area (Å²) in [4.78, 5) is 29.7. The molecule has 0 fully saturated rings. The van der Waals surface area contributed by atoms with Gasteiger partial charge in [-0.15, -0.1) is 0 Å². The van der Waals surface area contributed by atoms with Crippen LogP contribution in [0.25, 0.3) is 6.08 Å². The van der Waals surface area contributed by atoms with Gasteiger partial charge in [-0.2, -0.15) is 0 Å². The zero-order valence-electron chi connectivity index (χ0n) is 19.5. The second-order valence-corrected chi connectivity index (χ2v) is 7.93. The van der Waals surface area contributed by atoms with Gasteiger partial charge in [0.1, 0.15) is 24.0 Å². The Labute approximate surface area is 208 Å². The summed E-state index contributed by atoms with van der Waals surface area (Å²) in [6, 6.07) is 14.4. The fourth-order valence-electron chi connectivity index (χ4n) is 3.80. The summed E-state index contributed by atoms with van der Waals surface area (Å²) in [5, 5.41) is 10.2. The van der Waals surface area contributed by atoms with Crippen molar-refractivity contribution in [2.75, 3.05) is 27.9 Å². The van der Waals surface area contributed by atoms with Crippen LogP contribution in [0.3, 0.4) is 0 Å². The molecule has 2 aromatic carbocycles. The number of rotatable bonds is 10. The summed E-state index contributed by atoms with van der Waals surface area (Å²) in [5.41, 5.74) is 1.57. The Balaban J connectivity index is 2.01. The molecule has 9 heteroatoms. The van der Waals surface area contributed by atoms with E-state index in [2.05, 4.69) is 4.99 Å². The van der Waals surface area contributed by atoms with E-state index in [-0.39, 0.29) is 22.9 Å². The highest BCUT2D eigenvalue weighted by Gasteiger charge is 2.41. The summed E-state index contributed by atoms with van der Waals surface area (Å²) >= 11 is 6.32. The maximum atomic E-state index is 13.4. The van der Waals surface area contributed by atoms with Gasteiger partial charge in [0.2, 0.25) is 6.29 Å². The van der Waals surface area contributed by atoms with E-state index in [1.807, 2.05) is 36.4 Å². The molecule has 8 nitrogen and oxygen atoms in total. The van der Waals surface area contributed by atoms with E-state index in [4.69, 9.17) is 30.5 Å². The van der Waals surface area contributed by atoms with Crippen molar-refractivity contribution in [3.8, 4) is 5.75 Å². The normalized spacial score (nSPS) is 17.7. The minimum atomic E-state index is -1.16. The maximum Gasteiger partial charge on any atom is 0.337 e. The number of carbonyl (C=O) groups excluding carboxylic acids is 1. The zero-order chi connectivity index (χ0) is 25.4. The second-order valence-electron chi connectivity index (χ2n) is 7.53. The number of hydrogen-bond acceptors (Lipinski definition) is 7. The highest BCUT2D eigenvalue weighted by molar-refractivity contribution is 6.32. The number of hydrogen-bond donors (Lipinski definition) is 1. The average molecular weight is 500 g/mol. The Morgan fingerprint density at radius 3 is 2.43 bits per heavy atom. The number of aliphatic imine (C=N–C) groups is 1. The van der Waals surface area contributed by atoms with Crippen LogP contribution >= 0.6 is 11.6 Å². The second kappa shape index (κ2) is 12.3. The molecule has 2 aromatic rings. The molecule has 1 aliphatic rings. The fourth-order valence-corrected chi connectivity index (χ4v) is 4.07. The summed E-state index contributed by atoms with van der Waals surface area (Å²) in [6.07, 6.45) is 3.75. The lowest BCUT2D eigenvalue weighted by atomic mass is 9.78. The van der Waals surface area contributed by atoms with Crippen molar-refractivity contribution in [1.29, 1.82) is 0 Å². The Morgan fingerprint density at radius 1 is 1.11 bits per heavy atom. The first kappa shape index (κ1) is 26.2. The van der Waals surface area contributed by atoms with Gasteiger partial charge >= 0.3 is 11.9 Å². The number of carboxylic acid groups (broad SMARTS) is 1. The topological polar surface area (TPSA) is 104 Å². The number of nitrogens with zero attached hydrogens (tertiary/aromatic N) is 1. The quantitative estimate of drug-likeness (QED) is 0.383. The molecule has 1 heterocycles. The third-order valence-corrected chi connectivity index (χ3v) is 5.73. The number of ether oxygens (including phenoxy) is 4. The first-order chi connectivity index (χ1) is 16.9. The van der Waals surface area contributed by atoms with Crippen molar-refractivity contribution in [3.05, 3.63) is 82.0 Å². The minimum absolute atomic E-state index is 0.0166. The summed E-state index contributed by atoms with van der Waals surface area (Å²) < 4.78 is 21.4. The molecule has 1 aliphatic heterocycles. The molecule has 3 rings (SSSR count). The Morgan fingerprint density at radius 2 is 1.83 bits per heavy atom. The van der Waals surface area contributed by atoms with Crippen LogP contribution in [-0.2, 0) is 23.8 Å². The van der Waals surface area contributed by atoms with Crippen molar-refractivity contribution in [3.63, 3.8) is 0 Å². The predicted octanol–water partition coefficient (Wildman–Crippen LogP) is 4.35. The van der Waals surface area contributed by atoms with E-state index in [1.54, 1.807) is 24.3 Å². The first-order valence-electron chi connectivity index (χ1n) is 10.7. The van der Waals surface area contributed by atoms with Gasteiger partial charge in [0.15, 0.2) is 0 Å². The summed E-state index contributed by atoms with van der Waals surface area (Å²) in [7, 11) is 4.26. The van der Waals surface area contributed by atoms with E-state index in [0.29, 0.717) is 11.3 Å². The van der Waals surface area contributed by atoms with Gasteiger partial charge in [-0.3, -0.25) is 9.79 Å². The molecule has 0 aliphatic carbocycles. The Kier molecular flexibility index (Phi) is 9.19. The average Bonchev–Trinajstić information content (AvgIpc) is 2.87. The van der Waals surface area contributed by atoms with Crippen LogP contribution in [0, 0.1) is 5.92 Å². The highest BCUT2D eigenvalue weighted by atomic mass is 35.5. The van der Waals surface area contributed by atoms with Gasteiger partial charge in [0.05, 0.1) is 17.7 Å². The van der Waals surface area contributed by atoms with Crippen LogP contribution in [-0.4, -0.2) is 57.5 Å². The van der Waals surface area contributed by atoms with Gasteiger partial charge < -0.3 is 24.1 Å². The SMILES string of the molecule is COc1ccc(C2C(C(=O)OC/C=C/c3ccccc3)=C(C(OC)OC)N=CC2C(=O)O)cc1Cl. The van der Waals surface area contributed by atoms with Crippen molar-refractivity contribution in [2.45, 2.75) is 12.2 Å². The molecular weight excluding hydrogens is 474 g/mol. The van der Waals surface area contributed by atoms with Gasteiger partial charge in [-0.25, -0.2) is 4.79 Å². The fraction of sp³-hybridized carbons (Fsp3) is 0.269. The highest BCUT2D eigenvalue weighted by Crippen LogP contribution is 2.41. The minimum Gasteiger partial charge on any atom is -0.495 e. The molecule has 0 saturated heterocycles. The van der Waals surface area contributed by atoms with Crippen LogP contribution in [0.2, 0.25) is 5.02 Å². The molecule has 0 aromatic heterocycles. The molecule has 2 unspecified atom stereocenters. The third kappa shape index (κ3) is 6.16. The van der Waals surface area contributed by atoms with Crippen LogP contribution in [0.15, 0.2) is 70.9 Å². The van der Waals surface area contributed by atoms with Crippen LogP contribution < -0.4 is 4.74 Å². The molecule has 184 valence electrons. The molecule has 1 N–H and O–H groups in total. The van der Waals surface area contributed by atoms with E-state index >= 15 is 0 Å². The number of halogens is 1. The summed E-state index contributed by atoms with van der Waals surface area (Å²) in [6.45, 7) is -0.0350. The van der Waals surface area contributed by atoms with Crippen molar-refractivity contribution >= 4 is 35.8 Å². The van der Waals surface area contributed by atoms with Gasteiger partial charge in [-0.1, -0.05) is 54.1 Å². The van der Waals surface area contributed by atoms with Crippen molar-refractivity contribution < 1.29 is 33.6 Å². The maximum absolute atomic E-state index is 13.4. The number of methoxy groups -OCH3 is 3. The smallest absolute Gasteiger partial charge is 0.337 e. The number of esters is 1. The largest absolute Gasteiger partial charge is 0.495 e. The third-order valence-electron chi connectivity index (χ3n) is 5.43. The van der Waals surface area contributed by atoms with Crippen LogP contribution in [0.4, 0.5) is 0 Å². The number of carbonyl (C=O) groups is 2. The lowest BCUT2D eigenvalue weighted by molar-refractivity contribution is -0.141. The lowest BCUT2D eigenvalue weighted by Gasteiger charge is -2.30. The van der Waals surface area contributed by atoms with Gasteiger partial charge in [-0.05, 0) is 29.3 Å². The van der Waals surface area contributed by atoms with Crippen LogP contribution in [0.5, 0.6) is 5.75 Å². The number of carboxylic acids is 1. The van der Waals surface area contributed by atoms with E-state index < -0.39 is 30.1 Å². The molecule has 0 amide bonds. The van der Waals surface area contributed by atoms with Gasteiger partial charge in [0.25, 0.3) is 0 Å². The first-order valence-corrected chi connectivity index (χ1v) is 11.1. The predicted molar refractivity (Wildman–Crippen MR) is 132 cm³/mol. The number of benzene rings is 2. The molecule has 0 spiro atoms. The number of aliphatic carboxylic acids is 1. The molecule has 0 bridgehead atoms. The lowest BCUT2D eigenvalue weighted by Crippen LogP contribution is -2.34. The van der Waals surface area contributed by atoms with E-state index in [9.17, 15) is 14.7 Å². The zero-order valence-corrected chi connectivity index (χ0v) is 20.3. The standard InChI is InChI=1S/C26H26ClNO7/c1-32-20-12-11-17(14-19(20)27)21-18(24(29)30)15-28-23(26(33-2)34-3)22(21)25(31)35-13-7-10-16-8-5-4-6-9-16/h4-12,14-15,18,21,26H,13H2,1-3H3,(H,29,30)/b10-7+. The van der Waals surface area contributed by atoms with Gasteiger partial charge in [0, 0.05) is 26.4 Å². The monoisotopic (exact) mass is 499 g/mol. The van der Waals surface area contributed by atoms with Crippen LogP contribution in [0.1, 0.15) is 17.0 Å². The van der Waals surface area contributed by atoms with Crippen molar-refractivity contribution in [1.82, 2.24) is 0 Å². The molecule has 35 heavy (non-hydrogen) atoms. The van der Waals surface area contributed by atoms with Crippen molar-refractivity contribution in [2.24, 2.45) is 10.9 Å². The van der Waals surface area contributed by atoms with E-state index in [1.165, 1.54) is 27.5 Å². The summed E-state index contributed by atoms with van der Waals surface area (Å²) in [5.74, 6) is -3.60. The molecular formula is C26H26ClNO7. The van der Waals surface area contributed by atoms with E-state index in [0.717, 1.165) is 5.56 Å². The molecule has 0 radical (unpaired) electrons. The Hall–Kier alpha value is -3.46. The molecule has 2 atom stereocenters. The Bertz CT molecular complexity index is 1140.